The number of pyridine rings is 2. The van der Waals surface area contributed by atoms with E-state index in [9.17, 15) is 9.59 Å². The Morgan fingerprint density at radius 3 is 2.55 bits per heavy atom. The number of Topliss-reactive ketones (excluding diaryl/α,β-unsaturated/α-hetero) is 1. The topological polar surface area (TPSA) is 63.2 Å². The van der Waals surface area contributed by atoms with E-state index in [0.29, 0.717) is 16.2 Å². The Labute approximate surface area is 171 Å². The molecule has 2 aromatic carbocycles. The first kappa shape index (κ1) is 17.6. The number of thioether (sulfide) groups is 1. The summed E-state index contributed by atoms with van der Waals surface area (Å²) in [6.07, 6.45) is 5.08. The molecule has 1 aliphatic rings. The Morgan fingerprint density at radius 2 is 1.76 bits per heavy atom. The van der Waals surface area contributed by atoms with Crippen LogP contribution in [0.15, 0.2) is 83.0 Å². The summed E-state index contributed by atoms with van der Waals surface area (Å²) >= 11 is 1.38. The lowest BCUT2D eigenvalue weighted by Gasteiger charge is -2.20. The summed E-state index contributed by atoms with van der Waals surface area (Å²) in [5.41, 5.74) is 2.85. The summed E-state index contributed by atoms with van der Waals surface area (Å²) in [6.45, 7) is 1.49. The van der Waals surface area contributed by atoms with Gasteiger partial charge in [-0.2, -0.15) is 0 Å². The number of ketones is 1. The molecule has 6 heteroatoms. The zero-order chi connectivity index (χ0) is 20.0. The molecule has 3 heterocycles. The monoisotopic (exact) mass is 397 g/mol. The van der Waals surface area contributed by atoms with Crippen LogP contribution in [0.3, 0.4) is 0 Å². The van der Waals surface area contributed by atoms with Gasteiger partial charge in [-0.1, -0.05) is 30.0 Å². The van der Waals surface area contributed by atoms with Gasteiger partial charge in [-0.05, 0) is 36.4 Å². The fourth-order valence-corrected chi connectivity index (χ4v) is 4.55. The van der Waals surface area contributed by atoms with Crippen molar-refractivity contribution in [1.29, 1.82) is 0 Å². The summed E-state index contributed by atoms with van der Waals surface area (Å²) in [6, 6.07) is 16.9. The fraction of sp³-hybridized carbons (Fsp3) is 0.0435. The molecule has 0 N–H and O–H groups in total. The quantitative estimate of drug-likeness (QED) is 0.353. The zero-order valence-electron chi connectivity index (χ0n) is 15.5. The molecule has 29 heavy (non-hydrogen) atoms. The molecule has 140 valence electrons. The first-order valence-corrected chi connectivity index (χ1v) is 9.91. The third-order valence-corrected chi connectivity index (χ3v) is 5.95. The molecule has 1 aliphatic heterocycles. The maximum Gasteiger partial charge on any atom is 0.227 e. The minimum Gasteiger partial charge on any atom is -0.288 e. The van der Waals surface area contributed by atoms with Gasteiger partial charge in [-0.25, -0.2) is 0 Å². The molecule has 0 aliphatic carbocycles. The van der Waals surface area contributed by atoms with Crippen LogP contribution in [0.2, 0.25) is 0 Å². The van der Waals surface area contributed by atoms with E-state index in [1.165, 1.54) is 23.6 Å². The van der Waals surface area contributed by atoms with Gasteiger partial charge in [0.15, 0.2) is 0 Å². The largest absolute Gasteiger partial charge is 0.288 e. The van der Waals surface area contributed by atoms with Crippen molar-refractivity contribution >= 4 is 50.9 Å². The van der Waals surface area contributed by atoms with E-state index in [4.69, 9.17) is 0 Å². The maximum atomic E-state index is 12.8. The number of nitrogens with zero attached hydrogens (tertiary/aromatic N) is 3. The van der Waals surface area contributed by atoms with Crippen LogP contribution in [-0.2, 0) is 4.79 Å². The van der Waals surface area contributed by atoms with Gasteiger partial charge >= 0.3 is 0 Å². The smallest absolute Gasteiger partial charge is 0.227 e. The third-order valence-electron chi connectivity index (χ3n) is 4.86. The predicted octanol–water partition coefficient (Wildman–Crippen LogP) is 4.97. The lowest BCUT2D eigenvalue weighted by atomic mass is 10.1. The number of anilines is 1. The van der Waals surface area contributed by atoms with Crippen LogP contribution in [0.1, 0.15) is 17.3 Å². The van der Waals surface area contributed by atoms with Gasteiger partial charge in [-0.15, -0.1) is 0 Å². The second-order valence-corrected chi connectivity index (χ2v) is 7.76. The van der Waals surface area contributed by atoms with Crippen molar-refractivity contribution in [3.63, 3.8) is 0 Å². The SMILES string of the molecule is CC(=O)N(/C=C1\Sc2ccccc2C1=O)c1cc2cccnc2c2ncccc12. The van der Waals surface area contributed by atoms with Crippen molar-refractivity contribution in [2.75, 3.05) is 4.90 Å². The Bertz CT molecular complexity index is 1350. The number of hydrogen-bond acceptors (Lipinski definition) is 5. The number of rotatable bonds is 2. The minimum absolute atomic E-state index is 0.0678. The lowest BCUT2D eigenvalue weighted by molar-refractivity contribution is -0.115. The molecule has 0 unspecified atom stereocenters. The van der Waals surface area contributed by atoms with Crippen LogP contribution < -0.4 is 4.90 Å². The molecule has 5 rings (SSSR count). The average Bonchev–Trinajstić information content (AvgIpc) is 3.07. The first-order chi connectivity index (χ1) is 14.1. The van der Waals surface area contributed by atoms with E-state index >= 15 is 0 Å². The highest BCUT2D eigenvalue weighted by atomic mass is 32.2. The predicted molar refractivity (Wildman–Crippen MR) is 115 cm³/mol. The number of carbonyl (C=O) groups excluding carboxylic acids is 2. The molecule has 0 radical (unpaired) electrons. The Kier molecular flexibility index (Phi) is 4.14. The van der Waals surface area contributed by atoms with E-state index in [1.54, 1.807) is 18.6 Å². The first-order valence-electron chi connectivity index (χ1n) is 9.09. The molecule has 5 nitrogen and oxygen atoms in total. The molecular weight excluding hydrogens is 382 g/mol. The van der Waals surface area contributed by atoms with Gasteiger partial charge in [0.25, 0.3) is 0 Å². The van der Waals surface area contributed by atoms with Gasteiger partial charge < -0.3 is 0 Å². The van der Waals surface area contributed by atoms with Gasteiger partial charge in [-0.3, -0.25) is 24.5 Å². The van der Waals surface area contributed by atoms with E-state index in [0.717, 1.165) is 26.7 Å². The molecule has 2 aromatic heterocycles. The van der Waals surface area contributed by atoms with Crippen LogP contribution in [0, 0.1) is 0 Å². The van der Waals surface area contributed by atoms with Crippen molar-refractivity contribution in [3.8, 4) is 0 Å². The number of carbonyl (C=O) groups is 2. The molecule has 0 fully saturated rings. The van der Waals surface area contributed by atoms with E-state index in [-0.39, 0.29) is 11.7 Å². The maximum absolute atomic E-state index is 12.8. The fourth-order valence-electron chi connectivity index (χ4n) is 3.53. The van der Waals surface area contributed by atoms with Gasteiger partial charge in [0, 0.05) is 46.7 Å². The molecule has 0 saturated carbocycles. The van der Waals surface area contributed by atoms with Crippen LogP contribution >= 0.6 is 11.8 Å². The summed E-state index contributed by atoms with van der Waals surface area (Å²) in [4.78, 5) is 37.3. The van der Waals surface area contributed by atoms with Crippen molar-refractivity contribution in [2.24, 2.45) is 0 Å². The number of benzene rings is 2. The van der Waals surface area contributed by atoms with Crippen LogP contribution in [0.25, 0.3) is 21.8 Å². The van der Waals surface area contributed by atoms with E-state index in [2.05, 4.69) is 9.97 Å². The van der Waals surface area contributed by atoms with Crippen LogP contribution in [0.5, 0.6) is 0 Å². The van der Waals surface area contributed by atoms with E-state index in [1.807, 2.05) is 54.6 Å². The summed E-state index contributed by atoms with van der Waals surface area (Å²) in [5.74, 6) is -0.253. The number of fused-ring (bicyclic) bond motifs is 4. The number of hydrogen-bond donors (Lipinski definition) is 0. The Balaban J connectivity index is 1.71. The van der Waals surface area contributed by atoms with Crippen molar-refractivity contribution in [2.45, 2.75) is 11.8 Å². The summed E-state index contributed by atoms with van der Waals surface area (Å²) in [7, 11) is 0. The van der Waals surface area contributed by atoms with Crippen LogP contribution in [0.4, 0.5) is 5.69 Å². The Morgan fingerprint density at radius 1 is 1.00 bits per heavy atom. The third kappa shape index (κ3) is 2.89. The minimum atomic E-state index is -0.185. The van der Waals surface area contributed by atoms with Gasteiger partial charge in [0.05, 0.1) is 21.6 Å². The normalized spacial score (nSPS) is 14.5. The van der Waals surface area contributed by atoms with E-state index < -0.39 is 0 Å². The van der Waals surface area contributed by atoms with Crippen molar-refractivity contribution < 1.29 is 9.59 Å². The molecular formula is C23H15N3O2S. The number of aromatic nitrogens is 2. The molecule has 0 bridgehead atoms. The van der Waals surface area contributed by atoms with Crippen molar-refractivity contribution in [1.82, 2.24) is 9.97 Å². The molecule has 1 amide bonds. The zero-order valence-corrected chi connectivity index (χ0v) is 16.3. The Hall–Kier alpha value is -3.51. The highest BCUT2D eigenvalue weighted by molar-refractivity contribution is 8.04. The lowest BCUT2D eigenvalue weighted by Crippen LogP contribution is -2.23. The molecule has 0 atom stereocenters. The van der Waals surface area contributed by atoms with Gasteiger partial charge in [0.2, 0.25) is 11.7 Å². The molecule has 0 saturated heterocycles. The van der Waals surface area contributed by atoms with Crippen LogP contribution in [-0.4, -0.2) is 21.7 Å². The average molecular weight is 397 g/mol. The summed E-state index contributed by atoms with van der Waals surface area (Å²) < 4.78 is 0. The number of allylic oxidation sites excluding steroid dienone is 1. The van der Waals surface area contributed by atoms with Crippen molar-refractivity contribution in [3.05, 3.63) is 83.7 Å². The highest BCUT2D eigenvalue weighted by Gasteiger charge is 2.27. The van der Waals surface area contributed by atoms with Gasteiger partial charge in [0.1, 0.15) is 0 Å². The highest BCUT2D eigenvalue weighted by Crippen LogP contribution is 2.41. The second kappa shape index (κ2) is 6.83. The second-order valence-electron chi connectivity index (χ2n) is 6.68. The number of amides is 1. The summed E-state index contributed by atoms with van der Waals surface area (Å²) in [5, 5.41) is 1.69. The molecule has 4 aromatic rings. The standard InChI is InChI=1S/C23H15N3O2S/c1-14(27)26(13-20-23(28)17-7-2-3-9-19(17)29-20)18-12-15-6-4-10-24-21(15)22-16(18)8-5-11-25-22/h2-13H,1H3/b20-13-. The molecule has 0 spiro atoms.